The quantitative estimate of drug-likeness (QED) is 0.897. The van der Waals surface area contributed by atoms with Crippen molar-refractivity contribution in [3.05, 3.63) is 53.9 Å². The van der Waals surface area contributed by atoms with Crippen LogP contribution >= 0.6 is 0 Å². The lowest BCUT2D eigenvalue weighted by Gasteiger charge is -2.24. The molecule has 4 heteroatoms. The van der Waals surface area contributed by atoms with Crippen LogP contribution in [-0.2, 0) is 19.5 Å². The molecule has 0 bridgehead atoms. The van der Waals surface area contributed by atoms with Crippen molar-refractivity contribution in [3.8, 4) is 0 Å². The average Bonchev–Trinajstić information content (AvgIpc) is 2.85. The van der Waals surface area contributed by atoms with E-state index in [0.29, 0.717) is 6.04 Å². The summed E-state index contributed by atoms with van der Waals surface area (Å²) in [5, 5.41) is 3.52. The molecular weight excluding hydrogens is 229 g/mol. The van der Waals surface area contributed by atoms with Gasteiger partial charge in [0.25, 0.3) is 0 Å². The number of benzene rings is 1. The maximum atomic E-state index is 12.8. The molecule has 0 unspecified atom stereocenters. The van der Waals surface area contributed by atoms with Gasteiger partial charge in [0.1, 0.15) is 5.82 Å². The second-order valence-corrected chi connectivity index (χ2v) is 4.78. The monoisotopic (exact) mass is 245 g/mol. The normalized spacial score (nSPS) is 18.6. The number of nitrogens with zero attached hydrogens (tertiary/aromatic N) is 2. The molecule has 0 saturated carbocycles. The van der Waals surface area contributed by atoms with Crippen LogP contribution in [0.15, 0.2) is 36.8 Å². The third-order valence-electron chi connectivity index (χ3n) is 3.48. The first-order valence-electron chi connectivity index (χ1n) is 6.28. The predicted molar refractivity (Wildman–Crippen MR) is 67.6 cm³/mol. The van der Waals surface area contributed by atoms with Crippen molar-refractivity contribution < 1.29 is 4.39 Å². The highest BCUT2D eigenvalue weighted by Crippen LogP contribution is 2.14. The van der Waals surface area contributed by atoms with Crippen LogP contribution in [0.5, 0.6) is 0 Å². The van der Waals surface area contributed by atoms with E-state index in [1.807, 2.05) is 24.7 Å². The molecule has 3 rings (SSSR count). The Labute approximate surface area is 106 Å². The fraction of sp³-hybridized carbons (Fsp3) is 0.357. The molecule has 18 heavy (non-hydrogen) atoms. The van der Waals surface area contributed by atoms with Gasteiger partial charge in [0.15, 0.2) is 0 Å². The van der Waals surface area contributed by atoms with Gasteiger partial charge >= 0.3 is 0 Å². The Hall–Kier alpha value is -1.68. The summed E-state index contributed by atoms with van der Waals surface area (Å²) in [6, 6.07) is 7.16. The van der Waals surface area contributed by atoms with Crippen molar-refractivity contribution in [3.63, 3.8) is 0 Å². The summed E-state index contributed by atoms with van der Waals surface area (Å²) in [6.07, 6.45) is 5.96. The number of halogens is 1. The summed E-state index contributed by atoms with van der Waals surface area (Å²) in [5.41, 5.74) is 2.41. The zero-order chi connectivity index (χ0) is 12.4. The van der Waals surface area contributed by atoms with Crippen molar-refractivity contribution in [1.82, 2.24) is 14.9 Å². The van der Waals surface area contributed by atoms with Crippen molar-refractivity contribution in [2.75, 3.05) is 0 Å². The van der Waals surface area contributed by atoms with Crippen LogP contribution in [0, 0.1) is 5.82 Å². The predicted octanol–water partition coefficient (Wildman–Crippen LogP) is 2.13. The molecule has 0 radical (unpaired) electrons. The largest absolute Gasteiger partial charge is 0.334 e. The smallest absolute Gasteiger partial charge is 0.123 e. The Kier molecular flexibility index (Phi) is 3.11. The van der Waals surface area contributed by atoms with E-state index in [9.17, 15) is 4.39 Å². The van der Waals surface area contributed by atoms with Gasteiger partial charge in [0.05, 0.1) is 6.33 Å². The highest BCUT2D eigenvalue weighted by molar-refractivity contribution is 5.16. The molecule has 1 aromatic heterocycles. The molecule has 0 spiro atoms. The second-order valence-electron chi connectivity index (χ2n) is 4.78. The minimum atomic E-state index is -0.180. The summed E-state index contributed by atoms with van der Waals surface area (Å²) in [6.45, 7) is 1.81. The first-order chi connectivity index (χ1) is 8.81. The summed E-state index contributed by atoms with van der Waals surface area (Å²) < 4.78 is 15.0. The number of imidazole rings is 1. The lowest BCUT2D eigenvalue weighted by atomic mass is 10.0. The topological polar surface area (TPSA) is 29.9 Å². The van der Waals surface area contributed by atoms with Crippen LogP contribution in [0.1, 0.15) is 17.7 Å². The Morgan fingerprint density at radius 1 is 1.33 bits per heavy atom. The molecule has 0 saturated heterocycles. The maximum absolute atomic E-state index is 12.8. The standard InChI is InChI=1S/C14H16FN3/c15-12-3-1-11(2-4-12)8-17-13-5-6-18-10-16-9-14(18)7-13/h1-4,9-10,13,17H,5-8H2/t13-/m1/s1. The molecule has 1 aliphatic heterocycles. The van der Waals surface area contributed by atoms with Crippen LogP contribution in [0.4, 0.5) is 4.39 Å². The summed E-state index contributed by atoms with van der Waals surface area (Å²) >= 11 is 0. The maximum Gasteiger partial charge on any atom is 0.123 e. The Balaban J connectivity index is 1.57. The molecule has 94 valence electrons. The van der Waals surface area contributed by atoms with Crippen molar-refractivity contribution in [2.45, 2.75) is 32.0 Å². The number of nitrogens with one attached hydrogen (secondary N) is 1. The van der Waals surface area contributed by atoms with E-state index in [1.165, 1.54) is 17.8 Å². The summed E-state index contributed by atoms with van der Waals surface area (Å²) in [4.78, 5) is 4.16. The minimum Gasteiger partial charge on any atom is -0.334 e. The van der Waals surface area contributed by atoms with Gasteiger partial charge in [-0.05, 0) is 24.1 Å². The molecular formula is C14H16FN3. The molecule has 2 heterocycles. The van der Waals surface area contributed by atoms with E-state index in [-0.39, 0.29) is 5.82 Å². The van der Waals surface area contributed by atoms with E-state index >= 15 is 0 Å². The van der Waals surface area contributed by atoms with Gasteiger partial charge < -0.3 is 9.88 Å². The molecule has 1 N–H and O–H groups in total. The van der Waals surface area contributed by atoms with Gasteiger partial charge in [-0.1, -0.05) is 12.1 Å². The highest BCUT2D eigenvalue weighted by Gasteiger charge is 2.17. The second kappa shape index (κ2) is 4.90. The summed E-state index contributed by atoms with van der Waals surface area (Å²) in [7, 11) is 0. The summed E-state index contributed by atoms with van der Waals surface area (Å²) in [5.74, 6) is -0.180. The van der Waals surface area contributed by atoms with Gasteiger partial charge in [-0.15, -0.1) is 0 Å². The molecule has 1 atom stereocenters. The van der Waals surface area contributed by atoms with Gasteiger partial charge in [-0.3, -0.25) is 0 Å². The van der Waals surface area contributed by atoms with Gasteiger partial charge in [-0.25, -0.2) is 9.37 Å². The van der Waals surface area contributed by atoms with Crippen molar-refractivity contribution in [1.29, 1.82) is 0 Å². The number of rotatable bonds is 3. The Bertz CT molecular complexity index is 518. The van der Waals surface area contributed by atoms with Gasteiger partial charge in [0, 0.05) is 37.4 Å². The molecule has 1 aromatic carbocycles. The fourth-order valence-corrected chi connectivity index (χ4v) is 2.41. The van der Waals surface area contributed by atoms with E-state index < -0.39 is 0 Å². The van der Waals surface area contributed by atoms with Gasteiger partial charge in [-0.2, -0.15) is 0 Å². The number of aryl methyl sites for hydroxylation is 1. The SMILES string of the molecule is Fc1ccc(CN[C@@H]2CCn3cncc3C2)cc1. The Morgan fingerprint density at radius 3 is 3.00 bits per heavy atom. The van der Waals surface area contributed by atoms with Crippen LogP contribution in [0.25, 0.3) is 0 Å². The van der Waals surface area contributed by atoms with Gasteiger partial charge in [0.2, 0.25) is 0 Å². The van der Waals surface area contributed by atoms with E-state index in [1.54, 1.807) is 0 Å². The first-order valence-corrected chi connectivity index (χ1v) is 6.28. The van der Waals surface area contributed by atoms with E-state index in [2.05, 4.69) is 14.9 Å². The molecule has 2 aromatic rings. The van der Waals surface area contributed by atoms with Crippen LogP contribution in [0.3, 0.4) is 0 Å². The number of hydrogen-bond acceptors (Lipinski definition) is 2. The number of fused-ring (bicyclic) bond motifs is 1. The third kappa shape index (κ3) is 2.43. The third-order valence-corrected chi connectivity index (χ3v) is 3.48. The Morgan fingerprint density at radius 2 is 2.17 bits per heavy atom. The number of aromatic nitrogens is 2. The van der Waals surface area contributed by atoms with Crippen LogP contribution in [0.2, 0.25) is 0 Å². The highest BCUT2D eigenvalue weighted by atomic mass is 19.1. The molecule has 3 nitrogen and oxygen atoms in total. The van der Waals surface area contributed by atoms with Crippen LogP contribution < -0.4 is 5.32 Å². The lowest BCUT2D eigenvalue weighted by Crippen LogP contribution is -2.35. The van der Waals surface area contributed by atoms with Crippen LogP contribution in [-0.4, -0.2) is 15.6 Å². The molecule has 0 amide bonds. The van der Waals surface area contributed by atoms with E-state index in [4.69, 9.17) is 0 Å². The first kappa shape index (κ1) is 11.4. The zero-order valence-electron chi connectivity index (χ0n) is 10.1. The van der Waals surface area contributed by atoms with Crippen molar-refractivity contribution in [2.24, 2.45) is 0 Å². The molecule has 0 fully saturated rings. The van der Waals surface area contributed by atoms with E-state index in [0.717, 1.165) is 31.5 Å². The zero-order valence-corrected chi connectivity index (χ0v) is 10.1. The number of hydrogen-bond donors (Lipinski definition) is 1. The fourth-order valence-electron chi connectivity index (χ4n) is 2.41. The lowest BCUT2D eigenvalue weighted by molar-refractivity contribution is 0.398. The minimum absolute atomic E-state index is 0.180. The molecule has 0 aliphatic carbocycles. The van der Waals surface area contributed by atoms with Crippen molar-refractivity contribution >= 4 is 0 Å². The average molecular weight is 245 g/mol. The molecule has 1 aliphatic rings.